The lowest BCUT2D eigenvalue weighted by molar-refractivity contribution is 0.273. The zero-order chi connectivity index (χ0) is 11.4. The molecule has 84 valence electrons. The first kappa shape index (κ1) is 11.2. The number of hydrogen-bond acceptors (Lipinski definition) is 3. The standard InChI is InChI=1S/C12H14N2OS/c1-2-9-16-12-13-10-5-3-4-6-11(10)14(12)7-8-15/h2-6,15H,1,7-9H2. The Morgan fingerprint density at radius 3 is 3.00 bits per heavy atom. The van der Waals surface area contributed by atoms with Crippen LogP contribution in [0.5, 0.6) is 0 Å². The van der Waals surface area contributed by atoms with Crippen LogP contribution in [0.15, 0.2) is 42.1 Å². The van der Waals surface area contributed by atoms with Gasteiger partial charge in [-0.1, -0.05) is 30.0 Å². The molecule has 0 radical (unpaired) electrons. The molecular weight excluding hydrogens is 220 g/mol. The van der Waals surface area contributed by atoms with E-state index in [2.05, 4.69) is 11.6 Å². The van der Waals surface area contributed by atoms with Crippen LogP contribution >= 0.6 is 11.8 Å². The van der Waals surface area contributed by atoms with E-state index < -0.39 is 0 Å². The molecule has 0 spiro atoms. The number of rotatable bonds is 5. The van der Waals surface area contributed by atoms with E-state index in [0.29, 0.717) is 6.54 Å². The summed E-state index contributed by atoms with van der Waals surface area (Å²) >= 11 is 1.64. The maximum atomic E-state index is 9.07. The number of imidazole rings is 1. The number of nitrogens with zero attached hydrogens (tertiary/aromatic N) is 2. The molecule has 0 aliphatic carbocycles. The van der Waals surface area contributed by atoms with Gasteiger partial charge in [0.15, 0.2) is 5.16 Å². The zero-order valence-corrected chi connectivity index (χ0v) is 9.78. The molecule has 0 amide bonds. The molecule has 0 aliphatic heterocycles. The highest BCUT2D eigenvalue weighted by molar-refractivity contribution is 7.99. The summed E-state index contributed by atoms with van der Waals surface area (Å²) in [7, 11) is 0. The average Bonchev–Trinajstić information content (AvgIpc) is 2.66. The van der Waals surface area contributed by atoms with Crippen molar-refractivity contribution in [2.45, 2.75) is 11.7 Å². The van der Waals surface area contributed by atoms with E-state index in [1.165, 1.54) is 0 Å². The van der Waals surface area contributed by atoms with E-state index >= 15 is 0 Å². The third-order valence-electron chi connectivity index (χ3n) is 2.27. The van der Waals surface area contributed by atoms with Gasteiger partial charge in [0, 0.05) is 12.3 Å². The van der Waals surface area contributed by atoms with Crippen molar-refractivity contribution in [1.82, 2.24) is 9.55 Å². The number of para-hydroxylation sites is 2. The summed E-state index contributed by atoms with van der Waals surface area (Å²) in [4.78, 5) is 4.54. The molecular formula is C12H14N2OS. The minimum absolute atomic E-state index is 0.127. The Hall–Kier alpha value is -1.26. The van der Waals surface area contributed by atoms with Crippen LogP contribution in [0.1, 0.15) is 0 Å². The van der Waals surface area contributed by atoms with Gasteiger partial charge in [-0.2, -0.15) is 0 Å². The highest BCUT2D eigenvalue weighted by Crippen LogP contribution is 2.23. The van der Waals surface area contributed by atoms with Gasteiger partial charge in [0.2, 0.25) is 0 Å². The summed E-state index contributed by atoms with van der Waals surface area (Å²) in [5.74, 6) is 0.828. The zero-order valence-electron chi connectivity index (χ0n) is 8.97. The van der Waals surface area contributed by atoms with Gasteiger partial charge in [-0.05, 0) is 12.1 Å². The molecule has 0 fully saturated rings. The van der Waals surface area contributed by atoms with Crippen LogP contribution in [0.2, 0.25) is 0 Å². The molecule has 4 heteroatoms. The fourth-order valence-corrected chi connectivity index (χ4v) is 2.39. The Labute approximate surface area is 98.8 Å². The lowest BCUT2D eigenvalue weighted by Crippen LogP contribution is -2.03. The highest BCUT2D eigenvalue weighted by Gasteiger charge is 2.09. The van der Waals surface area contributed by atoms with Gasteiger partial charge >= 0.3 is 0 Å². The first-order chi connectivity index (χ1) is 7.86. The molecule has 2 rings (SSSR count). The van der Waals surface area contributed by atoms with Crippen LogP contribution in [0.3, 0.4) is 0 Å². The van der Waals surface area contributed by atoms with Crippen LogP contribution in [0.25, 0.3) is 11.0 Å². The van der Waals surface area contributed by atoms with Crippen LogP contribution in [-0.4, -0.2) is 27.0 Å². The Bertz CT molecular complexity index is 493. The average molecular weight is 234 g/mol. The third kappa shape index (κ3) is 2.13. The number of fused-ring (bicyclic) bond motifs is 1. The molecule has 2 aromatic rings. The maximum absolute atomic E-state index is 9.07. The summed E-state index contributed by atoms with van der Waals surface area (Å²) in [6, 6.07) is 7.97. The minimum Gasteiger partial charge on any atom is -0.395 e. The van der Waals surface area contributed by atoms with Gasteiger partial charge < -0.3 is 9.67 Å². The number of hydrogen-bond donors (Lipinski definition) is 1. The van der Waals surface area contributed by atoms with Crippen molar-refractivity contribution in [3.63, 3.8) is 0 Å². The van der Waals surface area contributed by atoms with Gasteiger partial charge in [0.05, 0.1) is 17.6 Å². The van der Waals surface area contributed by atoms with E-state index in [9.17, 15) is 0 Å². The molecule has 1 aromatic heterocycles. The summed E-state index contributed by atoms with van der Waals surface area (Å²) < 4.78 is 2.05. The first-order valence-electron chi connectivity index (χ1n) is 5.16. The number of aliphatic hydroxyl groups is 1. The molecule has 16 heavy (non-hydrogen) atoms. The normalized spacial score (nSPS) is 10.8. The third-order valence-corrected chi connectivity index (χ3v) is 3.25. The number of thioether (sulfide) groups is 1. The predicted molar refractivity (Wildman–Crippen MR) is 67.7 cm³/mol. The van der Waals surface area contributed by atoms with Gasteiger partial charge in [-0.25, -0.2) is 4.98 Å². The second-order valence-electron chi connectivity index (χ2n) is 3.36. The van der Waals surface area contributed by atoms with Crippen LogP contribution < -0.4 is 0 Å². The van der Waals surface area contributed by atoms with E-state index in [0.717, 1.165) is 21.9 Å². The summed E-state index contributed by atoms with van der Waals surface area (Å²) in [6.45, 7) is 4.41. The monoisotopic (exact) mass is 234 g/mol. The molecule has 0 atom stereocenters. The van der Waals surface area contributed by atoms with Crippen LogP contribution in [0, 0.1) is 0 Å². The van der Waals surface area contributed by atoms with Crippen molar-refractivity contribution in [3.05, 3.63) is 36.9 Å². The fraction of sp³-hybridized carbons (Fsp3) is 0.250. The number of aromatic nitrogens is 2. The quantitative estimate of drug-likeness (QED) is 0.637. The van der Waals surface area contributed by atoms with Crippen molar-refractivity contribution in [2.24, 2.45) is 0 Å². The Morgan fingerprint density at radius 1 is 1.44 bits per heavy atom. The van der Waals surface area contributed by atoms with Crippen molar-refractivity contribution in [1.29, 1.82) is 0 Å². The predicted octanol–water partition coefficient (Wildman–Crippen LogP) is 2.31. The minimum atomic E-state index is 0.127. The van der Waals surface area contributed by atoms with Gasteiger partial charge in [-0.15, -0.1) is 6.58 Å². The molecule has 0 aliphatic rings. The van der Waals surface area contributed by atoms with E-state index in [4.69, 9.17) is 5.11 Å². The SMILES string of the molecule is C=CCSc1nc2ccccc2n1CCO. The van der Waals surface area contributed by atoms with Gasteiger partial charge in [-0.3, -0.25) is 0 Å². The number of aliphatic hydroxyl groups excluding tert-OH is 1. The molecule has 1 N–H and O–H groups in total. The highest BCUT2D eigenvalue weighted by atomic mass is 32.2. The molecule has 0 unspecified atom stereocenters. The molecule has 0 saturated carbocycles. The van der Waals surface area contributed by atoms with Crippen LogP contribution in [-0.2, 0) is 6.54 Å². The second-order valence-corrected chi connectivity index (χ2v) is 4.35. The van der Waals surface area contributed by atoms with E-state index in [1.54, 1.807) is 11.8 Å². The lowest BCUT2D eigenvalue weighted by Gasteiger charge is -2.05. The van der Waals surface area contributed by atoms with E-state index in [-0.39, 0.29) is 6.61 Å². The molecule has 3 nitrogen and oxygen atoms in total. The van der Waals surface area contributed by atoms with Crippen molar-refractivity contribution in [2.75, 3.05) is 12.4 Å². The Balaban J connectivity index is 2.45. The van der Waals surface area contributed by atoms with Gasteiger partial charge in [0.1, 0.15) is 0 Å². The fourth-order valence-electron chi connectivity index (χ4n) is 1.61. The summed E-state index contributed by atoms with van der Waals surface area (Å²) in [5, 5.41) is 10.0. The topological polar surface area (TPSA) is 38.0 Å². The maximum Gasteiger partial charge on any atom is 0.169 e. The van der Waals surface area contributed by atoms with E-state index in [1.807, 2.05) is 34.9 Å². The Morgan fingerprint density at radius 2 is 2.25 bits per heavy atom. The summed E-state index contributed by atoms with van der Waals surface area (Å²) in [5.41, 5.74) is 2.05. The van der Waals surface area contributed by atoms with Crippen LogP contribution in [0.4, 0.5) is 0 Å². The number of benzene rings is 1. The molecule has 0 bridgehead atoms. The lowest BCUT2D eigenvalue weighted by atomic mass is 10.3. The summed E-state index contributed by atoms with van der Waals surface area (Å²) in [6.07, 6.45) is 1.85. The van der Waals surface area contributed by atoms with Crippen molar-refractivity contribution in [3.8, 4) is 0 Å². The smallest absolute Gasteiger partial charge is 0.169 e. The Kier molecular flexibility index (Phi) is 3.64. The molecule has 1 heterocycles. The largest absolute Gasteiger partial charge is 0.395 e. The first-order valence-corrected chi connectivity index (χ1v) is 6.15. The van der Waals surface area contributed by atoms with Crippen molar-refractivity contribution >= 4 is 22.8 Å². The van der Waals surface area contributed by atoms with Gasteiger partial charge in [0.25, 0.3) is 0 Å². The molecule has 0 saturated heterocycles. The van der Waals surface area contributed by atoms with Crippen molar-refractivity contribution < 1.29 is 5.11 Å². The second kappa shape index (κ2) is 5.18. The molecule has 1 aromatic carbocycles.